The molecule has 0 fully saturated rings. The van der Waals surface area contributed by atoms with Gasteiger partial charge < -0.3 is 28.4 Å². The Morgan fingerprint density at radius 1 is 0.971 bits per heavy atom. The molecule has 0 unspecified atom stereocenters. The molecule has 2 aromatic rings. The van der Waals surface area contributed by atoms with Crippen LogP contribution < -0.4 is 9.47 Å². The molecule has 190 valence electrons. The van der Waals surface area contributed by atoms with Gasteiger partial charge in [0.1, 0.15) is 18.0 Å². The average molecular weight is 487 g/mol. The summed E-state index contributed by atoms with van der Waals surface area (Å²) in [6.07, 6.45) is 2.95. The van der Waals surface area contributed by atoms with Gasteiger partial charge in [0.25, 0.3) is 0 Å². The van der Waals surface area contributed by atoms with E-state index in [-0.39, 0.29) is 19.7 Å². The minimum Gasteiger partial charge on any atom is -0.497 e. The van der Waals surface area contributed by atoms with Gasteiger partial charge in [0.2, 0.25) is 5.91 Å². The van der Waals surface area contributed by atoms with E-state index in [1.807, 2.05) is 25.3 Å². The standard InChI is InChI=1S/C26H34N2O7/c1-8-28-17(3)22(25(18(28)4)26(31)35-9-2)10-11-23(29)27(16-24(30)34-7)15-19-12-20(32-5)14-21(13-19)33-6/h10-14H,8-9,15-16H2,1-7H3/b11-10+. The lowest BCUT2D eigenvalue weighted by Gasteiger charge is -2.21. The fourth-order valence-corrected chi connectivity index (χ4v) is 3.92. The highest BCUT2D eigenvalue weighted by atomic mass is 16.5. The predicted molar refractivity (Wildman–Crippen MR) is 132 cm³/mol. The molecule has 0 atom stereocenters. The second kappa shape index (κ2) is 12.6. The molecule has 1 heterocycles. The first-order valence-electron chi connectivity index (χ1n) is 11.3. The van der Waals surface area contributed by atoms with Crippen LogP contribution in [-0.4, -0.2) is 61.8 Å². The van der Waals surface area contributed by atoms with E-state index < -0.39 is 17.8 Å². The van der Waals surface area contributed by atoms with Gasteiger partial charge in [-0.05, 0) is 51.5 Å². The lowest BCUT2D eigenvalue weighted by atomic mass is 10.1. The second-order valence-electron chi connectivity index (χ2n) is 7.75. The minimum atomic E-state index is -0.557. The van der Waals surface area contributed by atoms with Crippen molar-refractivity contribution in [3.8, 4) is 11.5 Å². The molecule has 0 aliphatic rings. The summed E-state index contributed by atoms with van der Waals surface area (Å²) in [4.78, 5) is 39.2. The van der Waals surface area contributed by atoms with Crippen LogP contribution in [0.3, 0.4) is 0 Å². The topological polar surface area (TPSA) is 96.3 Å². The van der Waals surface area contributed by atoms with Crippen LogP contribution in [0.15, 0.2) is 24.3 Å². The Kier molecular flexibility index (Phi) is 9.93. The smallest absolute Gasteiger partial charge is 0.340 e. The maximum absolute atomic E-state index is 13.2. The number of rotatable bonds is 11. The van der Waals surface area contributed by atoms with Crippen molar-refractivity contribution >= 4 is 23.9 Å². The summed E-state index contributed by atoms with van der Waals surface area (Å²) in [5.74, 6) is -0.300. The van der Waals surface area contributed by atoms with Gasteiger partial charge >= 0.3 is 11.9 Å². The molecule has 0 aliphatic heterocycles. The fraction of sp³-hybridized carbons (Fsp3) is 0.423. The molecular formula is C26H34N2O7. The first-order chi connectivity index (χ1) is 16.7. The predicted octanol–water partition coefficient (Wildman–Crippen LogP) is 3.53. The molecule has 0 saturated carbocycles. The van der Waals surface area contributed by atoms with Crippen molar-refractivity contribution < 1.29 is 33.3 Å². The van der Waals surface area contributed by atoms with Gasteiger partial charge in [-0.1, -0.05) is 0 Å². The van der Waals surface area contributed by atoms with Gasteiger partial charge in [0.15, 0.2) is 0 Å². The highest BCUT2D eigenvalue weighted by Crippen LogP contribution is 2.26. The van der Waals surface area contributed by atoms with Crippen LogP contribution in [0.5, 0.6) is 11.5 Å². The van der Waals surface area contributed by atoms with Crippen molar-refractivity contribution in [3.05, 3.63) is 52.4 Å². The summed E-state index contributed by atoms with van der Waals surface area (Å²) in [7, 11) is 4.33. The van der Waals surface area contributed by atoms with Crippen LogP contribution >= 0.6 is 0 Å². The SMILES string of the molecule is CCOC(=O)c1c(/C=C/C(=O)N(CC(=O)OC)Cc2cc(OC)cc(OC)c2)c(C)n(CC)c1C. The molecule has 1 amide bonds. The molecule has 0 bridgehead atoms. The largest absolute Gasteiger partial charge is 0.497 e. The summed E-state index contributed by atoms with van der Waals surface area (Å²) < 4.78 is 22.6. The number of amides is 1. The van der Waals surface area contributed by atoms with Crippen LogP contribution in [0.25, 0.3) is 6.08 Å². The molecule has 1 aromatic carbocycles. The van der Waals surface area contributed by atoms with Gasteiger partial charge in [0.05, 0.1) is 33.5 Å². The van der Waals surface area contributed by atoms with Crippen molar-refractivity contribution in [2.75, 3.05) is 34.5 Å². The zero-order chi connectivity index (χ0) is 26.1. The van der Waals surface area contributed by atoms with Gasteiger partial charge in [-0.2, -0.15) is 0 Å². The van der Waals surface area contributed by atoms with Crippen molar-refractivity contribution in [2.45, 2.75) is 40.8 Å². The summed E-state index contributed by atoms with van der Waals surface area (Å²) >= 11 is 0. The molecule has 0 spiro atoms. The monoisotopic (exact) mass is 486 g/mol. The number of carbonyl (C=O) groups excluding carboxylic acids is 3. The van der Waals surface area contributed by atoms with Crippen LogP contribution in [0.2, 0.25) is 0 Å². The van der Waals surface area contributed by atoms with E-state index in [9.17, 15) is 14.4 Å². The molecule has 0 saturated heterocycles. The zero-order valence-corrected chi connectivity index (χ0v) is 21.5. The van der Waals surface area contributed by atoms with Crippen LogP contribution in [0, 0.1) is 13.8 Å². The average Bonchev–Trinajstić information content (AvgIpc) is 3.09. The minimum absolute atomic E-state index is 0.116. The highest BCUT2D eigenvalue weighted by molar-refractivity contribution is 5.99. The van der Waals surface area contributed by atoms with E-state index in [1.54, 1.807) is 31.2 Å². The number of aromatic nitrogens is 1. The maximum Gasteiger partial charge on any atom is 0.340 e. The second-order valence-corrected chi connectivity index (χ2v) is 7.75. The Balaban J connectivity index is 2.43. The summed E-state index contributed by atoms with van der Waals surface area (Å²) in [5, 5.41) is 0. The third-order valence-electron chi connectivity index (χ3n) is 5.66. The molecule has 9 heteroatoms. The van der Waals surface area contributed by atoms with Gasteiger partial charge in [-0.15, -0.1) is 0 Å². The molecule has 9 nitrogen and oxygen atoms in total. The summed E-state index contributed by atoms with van der Waals surface area (Å²) in [6.45, 7) is 8.23. The first-order valence-corrected chi connectivity index (χ1v) is 11.3. The molecule has 2 rings (SSSR count). The highest BCUT2D eigenvalue weighted by Gasteiger charge is 2.23. The van der Waals surface area contributed by atoms with E-state index >= 15 is 0 Å². The molecule has 1 aromatic heterocycles. The number of esters is 2. The number of carbonyl (C=O) groups is 3. The Bertz CT molecular complexity index is 1080. The fourth-order valence-electron chi connectivity index (χ4n) is 3.92. The van der Waals surface area contributed by atoms with E-state index in [1.165, 1.54) is 32.3 Å². The lowest BCUT2D eigenvalue weighted by molar-refractivity contribution is -0.145. The van der Waals surface area contributed by atoms with Crippen molar-refractivity contribution in [3.63, 3.8) is 0 Å². The summed E-state index contributed by atoms with van der Waals surface area (Å²) in [5.41, 5.74) is 3.35. The van der Waals surface area contributed by atoms with E-state index in [0.29, 0.717) is 34.7 Å². The van der Waals surface area contributed by atoms with Crippen molar-refractivity contribution in [1.82, 2.24) is 9.47 Å². The summed E-state index contributed by atoms with van der Waals surface area (Å²) in [6, 6.07) is 5.24. The lowest BCUT2D eigenvalue weighted by Crippen LogP contribution is -2.34. The van der Waals surface area contributed by atoms with E-state index in [0.717, 1.165) is 11.4 Å². The molecule has 0 radical (unpaired) electrons. The first kappa shape index (κ1) is 27.5. The third kappa shape index (κ3) is 6.65. The van der Waals surface area contributed by atoms with Gasteiger partial charge in [-0.3, -0.25) is 9.59 Å². The molecule has 0 N–H and O–H groups in total. The quantitative estimate of drug-likeness (QED) is 0.354. The normalized spacial score (nSPS) is 10.8. The number of benzene rings is 1. The number of ether oxygens (including phenoxy) is 4. The van der Waals surface area contributed by atoms with E-state index in [2.05, 4.69) is 0 Å². The van der Waals surface area contributed by atoms with Crippen LogP contribution in [-0.2, 0) is 32.2 Å². The molecular weight excluding hydrogens is 452 g/mol. The number of hydrogen-bond donors (Lipinski definition) is 0. The number of nitrogens with zero attached hydrogens (tertiary/aromatic N) is 2. The Morgan fingerprint density at radius 3 is 2.11 bits per heavy atom. The third-order valence-corrected chi connectivity index (χ3v) is 5.66. The number of methoxy groups -OCH3 is 3. The van der Waals surface area contributed by atoms with Crippen molar-refractivity contribution in [2.24, 2.45) is 0 Å². The zero-order valence-electron chi connectivity index (χ0n) is 21.5. The maximum atomic E-state index is 13.2. The molecule has 35 heavy (non-hydrogen) atoms. The Labute approximate surface area is 206 Å². The van der Waals surface area contributed by atoms with E-state index in [4.69, 9.17) is 18.9 Å². The van der Waals surface area contributed by atoms with Crippen LogP contribution in [0.1, 0.15) is 46.7 Å². The Morgan fingerprint density at radius 2 is 1.60 bits per heavy atom. The number of hydrogen-bond acceptors (Lipinski definition) is 7. The van der Waals surface area contributed by atoms with Crippen LogP contribution in [0.4, 0.5) is 0 Å². The Hall–Kier alpha value is -3.75. The van der Waals surface area contributed by atoms with Crippen molar-refractivity contribution in [1.29, 1.82) is 0 Å². The van der Waals surface area contributed by atoms with Gasteiger partial charge in [0, 0.05) is 42.2 Å². The molecule has 0 aliphatic carbocycles. The van der Waals surface area contributed by atoms with Gasteiger partial charge in [-0.25, -0.2) is 4.79 Å².